The summed E-state index contributed by atoms with van der Waals surface area (Å²) in [5.74, 6) is -0.283. The average Bonchev–Trinajstić information content (AvgIpc) is 2.91. The van der Waals surface area contributed by atoms with Gasteiger partial charge < -0.3 is 10.4 Å². The number of hydrogen-bond donors (Lipinski definition) is 2. The third-order valence-electron chi connectivity index (χ3n) is 2.99. The highest BCUT2D eigenvalue weighted by Gasteiger charge is 2.21. The molecular weight excluding hydrogens is 292 g/mol. The Morgan fingerprint density at radius 1 is 1.43 bits per heavy atom. The molecule has 1 aromatic carbocycles. The SMILES string of the molecule is CCCNC(=O)c1c(CC)nnn1-c1cc(Cl)ccc1O. The number of amides is 1. The van der Waals surface area contributed by atoms with Crippen LogP contribution in [-0.2, 0) is 6.42 Å². The van der Waals surface area contributed by atoms with E-state index in [0.29, 0.717) is 35.1 Å². The average molecular weight is 309 g/mol. The first-order valence-electron chi connectivity index (χ1n) is 6.80. The lowest BCUT2D eigenvalue weighted by atomic mass is 10.2. The predicted molar refractivity (Wildman–Crippen MR) is 80.0 cm³/mol. The van der Waals surface area contributed by atoms with Gasteiger partial charge in [0.25, 0.3) is 5.91 Å². The number of carbonyl (C=O) groups excluding carboxylic acids is 1. The molecule has 0 unspecified atom stereocenters. The Bertz CT molecular complexity index is 654. The topological polar surface area (TPSA) is 80.0 Å². The van der Waals surface area contributed by atoms with Gasteiger partial charge in [-0.1, -0.05) is 30.7 Å². The van der Waals surface area contributed by atoms with Crippen LogP contribution in [0.25, 0.3) is 5.69 Å². The Labute approximate surface area is 127 Å². The Morgan fingerprint density at radius 3 is 2.86 bits per heavy atom. The summed E-state index contributed by atoms with van der Waals surface area (Å²) in [6.45, 7) is 4.43. The minimum absolute atomic E-state index is 0.0171. The summed E-state index contributed by atoms with van der Waals surface area (Å²) < 4.78 is 1.32. The van der Waals surface area contributed by atoms with E-state index in [1.54, 1.807) is 12.1 Å². The number of carbonyl (C=O) groups is 1. The second-order valence-electron chi connectivity index (χ2n) is 4.54. The molecule has 0 aliphatic rings. The molecule has 0 atom stereocenters. The number of benzene rings is 1. The standard InChI is InChI=1S/C14H17ClN4O2/c1-3-7-16-14(21)13-10(4-2)17-18-19(13)11-8-9(15)5-6-12(11)20/h5-6,8,20H,3-4,7H2,1-2H3,(H,16,21). The van der Waals surface area contributed by atoms with Crippen molar-refractivity contribution in [3.63, 3.8) is 0 Å². The second-order valence-corrected chi connectivity index (χ2v) is 4.98. The maximum atomic E-state index is 12.3. The zero-order valence-electron chi connectivity index (χ0n) is 11.9. The van der Waals surface area contributed by atoms with Gasteiger partial charge >= 0.3 is 0 Å². The summed E-state index contributed by atoms with van der Waals surface area (Å²) in [5, 5.41) is 21.2. The fourth-order valence-electron chi connectivity index (χ4n) is 1.94. The molecule has 2 rings (SSSR count). The van der Waals surface area contributed by atoms with Crippen LogP contribution >= 0.6 is 11.6 Å². The molecule has 0 spiro atoms. The molecule has 0 aliphatic carbocycles. The molecule has 2 N–H and O–H groups in total. The summed E-state index contributed by atoms with van der Waals surface area (Å²) in [5.41, 5.74) is 1.22. The fourth-order valence-corrected chi connectivity index (χ4v) is 2.10. The van der Waals surface area contributed by atoms with Crippen LogP contribution in [0, 0.1) is 0 Å². The molecule has 6 nitrogen and oxygen atoms in total. The van der Waals surface area contributed by atoms with Gasteiger partial charge in [-0.15, -0.1) is 5.10 Å². The number of phenolic OH excluding ortho intramolecular Hbond substituents is 1. The molecular formula is C14H17ClN4O2. The zero-order valence-corrected chi connectivity index (χ0v) is 12.7. The fraction of sp³-hybridized carbons (Fsp3) is 0.357. The van der Waals surface area contributed by atoms with Gasteiger partial charge in [-0.05, 0) is 31.0 Å². The molecule has 112 valence electrons. The number of aromatic nitrogens is 3. The van der Waals surface area contributed by atoms with Crippen molar-refractivity contribution in [1.82, 2.24) is 20.3 Å². The molecule has 0 saturated carbocycles. The third-order valence-corrected chi connectivity index (χ3v) is 3.23. The van der Waals surface area contributed by atoms with Crippen LogP contribution < -0.4 is 5.32 Å². The summed E-state index contributed by atoms with van der Waals surface area (Å²) in [4.78, 5) is 12.3. The third kappa shape index (κ3) is 3.16. The van der Waals surface area contributed by atoms with E-state index in [-0.39, 0.29) is 11.7 Å². The van der Waals surface area contributed by atoms with Crippen molar-refractivity contribution < 1.29 is 9.90 Å². The van der Waals surface area contributed by atoms with Crippen molar-refractivity contribution in [2.24, 2.45) is 0 Å². The molecule has 21 heavy (non-hydrogen) atoms. The van der Waals surface area contributed by atoms with Gasteiger partial charge in [0.2, 0.25) is 0 Å². The van der Waals surface area contributed by atoms with Crippen molar-refractivity contribution in [1.29, 1.82) is 0 Å². The first-order valence-corrected chi connectivity index (χ1v) is 7.17. The number of hydrogen-bond acceptors (Lipinski definition) is 4. The van der Waals surface area contributed by atoms with E-state index in [2.05, 4.69) is 15.6 Å². The normalized spacial score (nSPS) is 10.6. The van der Waals surface area contributed by atoms with Crippen LogP contribution in [0.15, 0.2) is 18.2 Å². The Balaban J connectivity index is 2.51. The lowest BCUT2D eigenvalue weighted by Gasteiger charge is -2.09. The number of aromatic hydroxyl groups is 1. The van der Waals surface area contributed by atoms with Crippen LogP contribution in [-0.4, -0.2) is 32.6 Å². The van der Waals surface area contributed by atoms with E-state index >= 15 is 0 Å². The highest BCUT2D eigenvalue weighted by Crippen LogP contribution is 2.26. The van der Waals surface area contributed by atoms with Crippen LogP contribution in [0.5, 0.6) is 5.75 Å². The molecule has 1 amide bonds. The Hall–Kier alpha value is -2.08. The van der Waals surface area contributed by atoms with Crippen molar-refractivity contribution in [3.8, 4) is 11.4 Å². The first kappa shape index (κ1) is 15.3. The molecule has 0 radical (unpaired) electrons. The van der Waals surface area contributed by atoms with Gasteiger partial charge in [-0.2, -0.15) is 0 Å². The van der Waals surface area contributed by atoms with Crippen molar-refractivity contribution in [3.05, 3.63) is 34.6 Å². The van der Waals surface area contributed by atoms with Crippen LogP contribution in [0.2, 0.25) is 5.02 Å². The predicted octanol–water partition coefficient (Wildman–Crippen LogP) is 2.33. The Kier molecular flexibility index (Phi) is 4.80. The highest BCUT2D eigenvalue weighted by atomic mass is 35.5. The molecule has 7 heteroatoms. The second kappa shape index (κ2) is 6.58. The van der Waals surface area contributed by atoms with Gasteiger partial charge in [0.05, 0.1) is 5.69 Å². The zero-order chi connectivity index (χ0) is 15.4. The minimum atomic E-state index is -0.266. The lowest BCUT2D eigenvalue weighted by molar-refractivity contribution is 0.0945. The number of aryl methyl sites for hydroxylation is 1. The number of rotatable bonds is 5. The molecule has 2 aromatic rings. The van der Waals surface area contributed by atoms with Crippen molar-refractivity contribution in [2.45, 2.75) is 26.7 Å². The van der Waals surface area contributed by atoms with Crippen LogP contribution in [0.1, 0.15) is 36.5 Å². The molecule has 0 saturated heterocycles. The van der Waals surface area contributed by atoms with E-state index in [9.17, 15) is 9.90 Å². The van der Waals surface area contributed by atoms with Gasteiger partial charge in [0, 0.05) is 11.6 Å². The molecule has 0 fully saturated rings. The highest BCUT2D eigenvalue weighted by molar-refractivity contribution is 6.30. The van der Waals surface area contributed by atoms with Crippen LogP contribution in [0.4, 0.5) is 0 Å². The minimum Gasteiger partial charge on any atom is -0.506 e. The lowest BCUT2D eigenvalue weighted by Crippen LogP contribution is -2.27. The van der Waals surface area contributed by atoms with Gasteiger partial charge in [-0.25, -0.2) is 4.68 Å². The summed E-state index contributed by atoms with van der Waals surface area (Å²) >= 11 is 5.95. The van der Waals surface area contributed by atoms with Gasteiger partial charge in [0.15, 0.2) is 5.69 Å². The number of nitrogens with one attached hydrogen (secondary N) is 1. The molecule has 0 bridgehead atoms. The summed E-state index contributed by atoms with van der Waals surface area (Å²) in [6, 6.07) is 4.56. The van der Waals surface area contributed by atoms with E-state index in [0.717, 1.165) is 6.42 Å². The van der Waals surface area contributed by atoms with E-state index in [1.165, 1.54) is 10.7 Å². The first-order chi connectivity index (χ1) is 10.1. The monoisotopic (exact) mass is 308 g/mol. The Morgan fingerprint density at radius 2 is 2.19 bits per heavy atom. The molecule has 1 aromatic heterocycles. The number of phenols is 1. The van der Waals surface area contributed by atoms with E-state index in [1.807, 2.05) is 13.8 Å². The van der Waals surface area contributed by atoms with Gasteiger partial charge in [0.1, 0.15) is 11.4 Å². The smallest absolute Gasteiger partial charge is 0.272 e. The van der Waals surface area contributed by atoms with Crippen molar-refractivity contribution >= 4 is 17.5 Å². The van der Waals surface area contributed by atoms with Crippen molar-refractivity contribution in [2.75, 3.05) is 6.54 Å². The summed E-state index contributed by atoms with van der Waals surface area (Å²) in [7, 11) is 0. The molecule has 1 heterocycles. The molecule has 0 aliphatic heterocycles. The van der Waals surface area contributed by atoms with Crippen LogP contribution in [0.3, 0.4) is 0 Å². The van der Waals surface area contributed by atoms with E-state index < -0.39 is 0 Å². The number of nitrogens with zero attached hydrogens (tertiary/aromatic N) is 3. The number of halogens is 1. The quantitative estimate of drug-likeness (QED) is 0.888. The maximum Gasteiger partial charge on any atom is 0.272 e. The van der Waals surface area contributed by atoms with Gasteiger partial charge in [-0.3, -0.25) is 4.79 Å². The maximum absolute atomic E-state index is 12.3. The summed E-state index contributed by atoms with van der Waals surface area (Å²) in [6.07, 6.45) is 1.40. The largest absolute Gasteiger partial charge is 0.506 e. The van der Waals surface area contributed by atoms with E-state index in [4.69, 9.17) is 11.6 Å².